The molecule has 1 aliphatic heterocycles. The summed E-state index contributed by atoms with van der Waals surface area (Å²) in [4.78, 5) is 18.1. The molecule has 1 aromatic rings. The Kier molecular flexibility index (Phi) is 12.2. The standard InChI is InChI=1S/C21H35N5O2.HI/c1-16(2)12-20(26-8-10-28-11-9-26)15-24-21(22-4)23-14-18-6-5-7-19(13-18)25-17(3)27;/h5-7,13,16,20H,8-12,14-15H2,1-4H3,(H,25,27)(H2,22,23,24);1H. The number of hydrogen-bond donors (Lipinski definition) is 3. The van der Waals surface area contributed by atoms with Crippen molar-refractivity contribution in [2.75, 3.05) is 45.2 Å². The molecular formula is C21H36IN5O2. The highest BCUT2D eigenvalue weighted by molar-refractivity contribution is 14.0. The molecule has 0 aliphatic carbocycles. The fourth-order valence-corrected chi connectivity index (χ4v) is 3.43. The van der Waals surface area contributed by atoms with Crippen LogP contribution in [0, 0.1) is 5.92 Å². The molecule has 7 nitrogen and oxygen atoms in total. The molecule has 1 amide bonds. The Labute approximate surface area is 192 Å². The van der Waals surface area contributed by atoms with E-state index in [0.717, 1.165) is 56.5 Å². The summed E-state index contributed by atoms with van der Waals surface area (Å²) in [5.74, 6) is 1.36. The van der Waals surface area contributed by atoms with E-state index in [4.69, 9.17) is 4.74 Å². The molecule has 0 radical (unpaired) electrons. The zero-order chi connectivity index (χ0) is 20.4. The molecule has 1 unspecified atom stereocenters. The fraction of sp³-hybridized carbons (Fsp3) is 0.619. The minimum atomic E-state index is -0.0677. The second kappa shape index (κ2) is 13.8. The Balaban J connectivity index is 0.00000420. The van der Waals surface area contributed by atoms with E-state index in [9.17, 15) is 4.79 Å². The van der Waals surface area contributed by atoms with E-state index in [1.165, 1.54) is 6.92 Å². The van der Waals surface area contributed by atoms with Crippen molar-refractivity contribution < 1.29 is 9.53 Å². The Bertz CT molecular complexity index is 648. The van der Waals surface area contributed by atoms with Crippen LogP contribution in [0.4, 0.5) is 5.69 Å². The lowest BCUT2D eigenvalue weighted by Gasteiger charge is -2.35. The van der Waals surface area contributed by atoms with E-state index in [1.807, 2.05) is 24.3 Å². The second-order valence-corrected chi connectivity index (χ2v) is 7.62. The van der Waals surface area contributed by atoms with Gasteiger partial charge in [-0.05, 0) is 30.0 Å². The molecule has 1 aliphatic rings. The number of nitrogens with zero attached hydrogens (tertiary/aromatic N) is 2. The highest BCUT2D eigenvalue weighted by Gasteiger charge is 2.22. The molecule has 164 valence electrons. The van der Waals surface area contributed by atoms with Gasteiger partial charge in [0.1, 0.15) is 0 Å². The first-order valence-electron chi connectivity index (χ1n) is 10.1. The van der Waals surface area contributed by atoms with Gasteiger partial charge in [0.15, 0.2) is 5.96 Å². The number of aliphatic imine (C=N–C) groups is 1. The first kappa shape index (κ1) is 25.6. The summed E-state index contributed by atoms with van der Waals surface area (Å²) in [5.41, 5.74) is 1.89. The molecule has 29 heavy (non-hydrogen) atoms. The molecule has 0 aromatic heterocycles. The van der Waals surface area contributed by atoms with Crippen molar-refractivity contribution in [3.8, 4) is 0 Å². The van der Waals surface area contributed by atoms with Crippen molar-refractivity contribution in [2.24, 2.45) is 10.9 Å². The summed E-state index contributed by atoms with van der Waals surface area (Å²) < 4.78 is 5.50. The van der Waals surface area contributed by atoms with Crippen LogP contribution in [0.25, 0.3) is 0 Å². The lowest BCUT2D eigenvalue weighted by atomic mass is 10.0. The van der Waals surface area contributed by atoms with Gasteiger partial charge in [-0.15, -0.1) is 24.0 Å². The minimum absolute atomic E-state index is 0. The summed E-state index contributed by atoms with van der Waals surface area (Å²) in [6, 6.07) is 8.29. The Morgan fingerprint density at radius 3 is 2.59 bits per heavy atom. The van der Waals surface area contributed by atoms with Gasteiger partial charge in [-0.25, -0.2) is 0 Å². The van der Waals surface area contributed by atoms with Gasteiger partial charge >= 0.3 is 0 Å². The molecular weight excluding hydrogens is 481 g/mol. The lowest BCUT2D eigenvalue weighted by molar-refractivity contribution is -0.114. The predicted molar refractivity (Wildman–Crippen MR) is 130 cm³/mol. The number of anilines is 1. The van der Waals surface area contributed by atoms with Crippen LogP contribution in [0.5, 0.6) is 0 Å². The van der Waals surface area contributed by atoms with Crippen molar-refractivity contribution in [3.63, 3.8) is 0 Å². The Hall–Kier alpha value is -1.39. The maximum absolute atomic E-state index is 11.2. The maximum atomic E-state index is 11.2. The average Bonchev–Trinajstić information content (AvgIpc) is 2.67. The molecule has 0 bridgehead atoms. The number of carbonyl (C=O) groups excluding carboxylic acids is 1. The van der Waals surface area contributed by atoms with Crippen LogP contribution in [0.2, 0.25) is 0 Å². The molecule has 1 aromatic carbocycles. The van der Waals surface area contributed by atoms with Crippen LogP contribution >= 0.6 is 24.0 Å². The van der Waals surface area contributed by atoms with Crippen molar-refractivity contribution in [2.45, 2.75) is 39.8 Å². The van der Waals surface area contributed by atoms with Crippen LogP contribution in [0.3, 0.4) is 0 Å². The predicted octanol–water partition coefficient (Wildman–Crippen LogP) is 2.67. The third-order valence-corrected chi connectivity index (χ3v) is 4.74. The Morgan fingerprint density at radius 2 is 1.97 bits per heavy atom. The van der Waals surface area contributed by atoms with Crippen LogP contribution in [-0.4, -0.2) is 62.7 Å². The van der Waals surface area contributed by atoms with Gasteiger partial charge in [0.2, 0.25) is 5.91 Å². The van der Waals surface area contributed by atoms with Gasteiger partial charge in [0.25, 0.3) is 0 Å². The number of morpholine rings is 1. The number of guanidine groups is 1. The second-order valence-electron chi connectivity index (χ2n) is 7.62. The molecule has 1 saturated heterocycles. The van der Waals surface area contributed by atoms with Gasteiger partial charge < -0.3 is 20.7 Å². The van der Waals surface area contributed by atoms with E-state index >= 15 is 0 Å². The average molecular weight is 517 g/mol. The minimum Gasteiger partial charge on any atom is -0.379 e. The normalized spacial score (nSPS) is 16.1. The fourth-order valence-electron chi connectivity index (χ4n) is 3.43. The van der Waals surface area contributed by atoms with Gasteiger partial charge in [-0.3, -0.25) is 14.7 Å². The molecule has 1 atom stereocenters. The molecule has 1 heterocycles. The largest absolute Gasteiger partial charge is 0.379 e. The van der Waals surface area contributed by atoms with Crippen LogP contribution in [0.1, 0.15) is 32.8 Å². The van der Waals surface area contributed by atoms with Gasteiger partial charge in [-0.1, -0.05) is 26.0 Å². The summed E-state index contributed by atoms with van der Waals surface area (Å²) in [5, 5.41) is 9.65. The highest BCUT2D eigenvalue weighted by Crippen LogP contribution is 2.13. The number of halogens is 1. The topological polar surface area (TPSA) is 78.0 Å². The first-order chi connectivity index (χ1) is 13.5. The van der Waals surface area contributed by atoms with Gasteiger partial charge in [0, 0.05) is 51.9 Å². The zero-order valence-electron chi connectivity index (χ0n) is 18.0. The third kappa shape index (κ3) is 9.77. The summed E-state index contributed by atoms with van der Waals surface area (Å²) >= 11 is 0. The summed E-state index contributed by atoms with van der Waals surface area (Å²) in [7, 11) is 1.79. The van der Waals surface area contributed by atoms with Crippen molar-refractivity contribution in [1.82, 2.24) is 15.5 Å². The number of nitrogens with one attached hydrogen (secondary N) is 3. The van der Waals surface area contributed by atoms with Crippen LogP contribution in [-0.2, 0) is 16.1 Å². The number of carbonyl (C=O) groups is 1. The number of benzene rings is 1. The van der Waals surface area contributed by atoms with E-state index in [0.29, 0.717) is 18.5 Å². The summed E-state index contributed by atoms with van der Waals surface area (Å²) in [6.45, 7) is 11.1. The monoisotopic (exact) mass is 517 g/mol. The van der Waals surface area contributed by atoms with Crippen molar-refractivity contribution >= 4 is 41.5 Å². The van der Waals surface area contributed by atoms with Gasteiger partial charge in [-0.2, -0.15) is 0 Å². The van der Waals surface area contributed by atoms with Crippen LogP contribution in [0.15, 0.2) is 29.3 Å². The quantitative estimate of drug-likeness (QED) is 0.281. The lowest BCUT2D eigenvalue weighted by Crippen LogP contribution is -2.50. The number of ether oxygens (including phenoxy) is 1. The van der Waals surface area contributed by atoms with Gasteiger partial charge in [0.05, 0.1) is 13.2 Å². The molecule has 3 N–H and O–H groups in total. The van der Waals surface area contributed by atoms with E-state index in [-0.39, 0.29) is 29.9 Å². The Morgan fingerprint density at radius 1 is 1.24 bits per heavy atom. The maximum Gasteiger partial charge on any atom is 0.221 e. The summed E-state index contributed by atoms with van der Waals surface area (Å²) in [6.07, 6.45) is 1.14. The van der Waals surface area contributed by atoms with Crippen LogP contribution < -0.4 is 16.0 Å². The third-order valence-electron chi connectivity index (χ3n) is 4.74. The molecule has 2 rings (SSSR count). The van der Waals surface area contributed by atoms with E-state index < -0.39 is 0 Å². The number of hydrogen-bond acceptors (Lipinski definition) is 4. The number of amides is 1. The van der Waals surface area contributed by atoms with Crippen molar-refractivity contribution in [1.29, 1.82) is 0 Å². The number of rotatable bonds is 8. The van der Waals surface area contributed by atoms with E-state index in [2.05, 4.69) is 39.7 Å². The molecule has 1 fully saturated rings. The highest BCUT2D eigenvalue weighted by atomic mass is 127. The zero-order valence-corrected chi connectivity index (χ0v) is 20.4. The molecule has 0 spiro atoms. The van der Waals surface area contributed by atoms with E-state index in [1.54, 1.807) is 7.05 Å². The smallest absolute Gasteiger partial charge is 0.221 e. The molecule has 8 heteroatoms. The van der Waals surface area contributed by atoms with Crippen molar-refractivity contribution in [3.05, 3.63) is 29.8 Å². The first-order valence-corrected chi connectivity index (χ1v) is 10.1. The SMILES string of the molecule is CN=C(NCc1cccc(NC(C)=O)c1)NCC(CC(C)C)N1CCOCC1.I. The molecule has 0 saturated carbocycles.